The molecule has 174 valence electrons. The number of nitrogens with zero attached hydrogens (tertiary/aromatic N) is 5. The third-order valence-electron chi connectivity index (χ3n) is 6.52. The van der Waals surface area contributed by atoms with Gasteiger partial charge in [0.1, 0.15) is 0 Å². The van der Waals surface area contributed by atoms with Crippen molar-refractivity contribution in [3.63, 3.8) is 0 Å². The summed E-state index contributed by atoms with van der Waals surface area (Å²) in [4.78, 5) is 19.6. The SMILES string of the molecule is c1ccc(-c2nc(-c3ccccc3)nc(-n3c4ccccc4c4cccc(-c5ccccn5)c43)n2)cc1. The fourth-order valence-corrected chi connectivity index (χ4v) is 4.85. The molecule has 5 heteroatoms. The van der Waals surface area contributed by atoms with E-state index in [1.165, 1.54) is 0 Å². The Morgan fingerprint density at radius 2 is 1.11 bits per heavy atom. The van der Waals surface area contributed by atoms with Crippen LogP contribution in [0.3, 0.4) is 0 Å². The van der Waals surface area contributed by atoms with Crippen LogP contribution in [-0.4, -0.2) is 24.5 Å². The maximum atomic E-state index is 5.03. The molecule has 0 atom stereocenters. The Bertz CT molecular complexity index is 1800. The second-order valence-corrected chi connectivity index (χ2v) is 8.78. The van der Waals surface area contributed by atoms with Crippen LogP contribution in [0.2, 0.25) is 0 Å². The molecule has 7 aromatic rings. The molecule has 0 saturated heterocycles. The summed E-state index contributed by atoms with van der Waals surface area (Å²) < 4.78 is 2.15. The fraction of sp³-hybridized carbons (Fsp3) is 0. The van der Waals surface area contributed by atoms with Crippen LogP contribution in [0.15, 0.2) is 128 Å². The minimum atomic E-state index is 0.572. The molecule has 0 N–H and O–H groups in total. The van der Waals surface area contributed by atoms with Crippen LogP contribution in [-0.2, 0) is 0 Å². The Morgan fingerprint density at radius 1 is 0.486 bits per heavy atom. The zero-order chi connectivity index (χ0) is 24.6. The van der Waals surface area contributed by atoms with Gasteiger partial charge in [0.05, 0.1) is 16.7 Å². The minimum absolute atomic E-state index is 0.572. The third kappa shape index (κ3) is 3.65. The number of hydrogen-bond acceptors (Lipinski definition) is 4. The van der Waals surface area contributed by atoms with E-state index >= 15 is 0 Å². The van der Waals surface area contributed by atoms with Gasteiger partial charge in [-0.1, -0.05) is 103 Å². The van der Waals surface area contributed by atoms with Gasteiger partial charge in [0, 0.05) is 33.7 Å². The Morgan fingerprint density at radius 3 is 1.78 bits per heavy atom. The van der Waals surface area contributed by atoms with Crippen molar-refractivity contribution in [1.82, 2.24) is 24.5 Å². The largest absolute Gasteiger partial charge is 0.277 e. The van der Waals surface area contributed by atoms with Gasteiger partial charge < -0.3 is 0 Å². The van der Waals surface area contributed by atoms with Crippen LogP contribution < -0.4 is 0 Å². The van der Waals surface area contributed by atoms with E-state index in [0.717, 1.165) is 44.2 Å². The number of aromatic nitrogens is 5. The topological polar surface area (TPSA) is 56.5 Å². The van der Waals surface area contributed by atoms with Crippen LogP contribution in [0.5, 0.6) is 0 Å². The van der Waals surface area contributed by atoms with Gasteiger partial charge in [-0.2, -0.15) is 9.97 Å². The summed E-state index contributed by atoms with van der Waals surface area (Å²) in [5.74, 6) is 1.83. The van der Waals surface area contributed by atoms with Gasteiger partial charge in [-0.3, -0.25) is 9.55 Å². The number of rotatable bonds is 4. The number of hydrogen-bond donors (Lipinski definition) is 0. The van der Waals surface area contributed by atoms with E-state index in [-0.39, 0.29) is 0 Å². The highest BCUT2D eigenvalue weighted by Gasteiger charge is 2.20. The van der Waals surface area contributed by atoms with E-state index in [2.05, 4.69) is 52.0 Å². The molecule has 0 unspecified atom stereocenters. The molecule has 5 nitrogen and oxygen atoms in total. The van der Waals surface area contributed by atoms with Gasteiger partial charge in [0.25, 0.3) is 0 Å². The molecule has 3 heterocycles. The highest BCUT2D eigenvalue weighted by Crippen LogP contribution is 2.37. The van der Waals surface area contributed by atoms with E-state index in [1.807, 2.05) is 85.1 Å². The first-order valence-corrected chi connectivity index (χ1v) is 12.2. The maximum absolute atomic E-state index is 5.03. The molecular formula is C32H21N5. The Balaban J connectivity index is 1.60. The van der Waals surface area contributed by atoms with Crippen molar-refractivity contribution in [2.24, 2.45) is 0 Å². The molecule has 0 aliphatic rings. The van der Waals surface area contributed by atoms with Crippen LogP contribution in [0.4, 0.5) is 0 Å². The van der Waals surface area contributed by atoms with E-state index in [9.17, 15) is 0 Å². The van der Waals surface area contributed by atoms with Crippen LogP contribution in [0.25, 0.3) is 61.8 Å². The summed E-state index contributed by atoms with van der Waals surface area (Å²) in [5.41, 5.74) is 5.86. The lowest BCUT2D eigenvalue weighted by Crippen LogP contribution is -2.07. The zero-order valence-electron chi connectivity index (χ0n) is 19.9. The summed E-state index contributed by atoms with van der Waals surface area (Å²) in [6.07, 6.45) is 1.82. The highest BCUT2D eigenvalue weighted by molar-refractivity contribution is 6.13. The molecule has 3 aromatic heterocycles. The summed E-state index contributed by atoms with van der Waals surface area (Å²) in [6, 6.07) is 40.8. The first kappa shape index (κ1) is 21.1. The molecule has 0 spiro atoms. The molecule has 37 heavy (non-hydrogen) atoms. The number of benzene rings is 4. The lowest BCUT2D eigenvalue weighted by atomic mass is 10.1. The monoisotopic (exact) mass is 475 g/mol. The van der Waals surface area contributed by atoms with Crippen molar-refractivity contribution in [1.29, 1.82) is 0 Å². The normalized spacial score (nSPS) is 11.2. The van der Waals surface area contributed by atoms with Crippen molar-refractivity contribution >= 4 is 21.8 Å². The molecular weight excluding hydrogens is 454 g/mol. The van der Waals surface area contributed by atoms with Gasteiger partial charge in [0.2, 0.25) is 5.95 Å². The van der Waals surface area contributed by atoms with Gasteiger partial charge >= 0.3 is 0 Å². The Hall–Kier alpha value is -5.16. The van der Waals surface area contributed by atoms with Crippen molar-refractivity contribution < 1.29 is 0 Å². The van der Waals surface area contributed by atoms with Gasteiger partial charge in [0.15, 0.2) is 11.6 Å². The van der Waals surface area contributed by atoms with Crippen molar-refractivity contribution in [2.75, 3.05) is 0 Å². The van der Waals surface area contributed by atoms with Crippen LogP contribution in [0, 0.1) is 0 Å². The Kier molecular flexibility index (Phi) is 5.03. The van der Waals surface area contributed by atoms with E-state index in [0.29, 0.717) is 17.6 Å². The number of para-hydroxylation sites is 2. The van der Waals surface area contributed by atoms with Gasteiger partial charge in [-0.15, -0.1) is 0 Å². The van der Waals surface area contributed by atoms with E-state index in [1.54, 1.807) is 0 Å². The molecule has 0 saturated carbocycles. The standard InChI is InChI=1S/C32H21N5/c1-3-12-22(13-4-1)30-34-31(23-14-5-2-6-15-23)36-32(35-30)37-28-20-8-7-16-24(28)25-17-11-18-26(29(25)37)27-19-9-10-21-33-27/h1-21H. The molecule has 4 aromatic carbocycles. The molecule has 0 aliphatic carbocycles. The van der Waals surface area contributed by atoms with Gasteiger partial charge in [-0.05, 0) is 18.2 Å². The maximum Gasteiger partial charge on any atom is 0.238 e. The molecule has 0 aliphatic heterocycles. The molecule has 7 rings (SSSR count). The predicted octanol–water partition coefficient (Wildman–Crippen LogP) is 7.36. The molecule has 0 amide bonds. The molecule has 0 bridgehead atoms. The summed E-state index contributed by atoms with van der Waals surface area (Å²) in [6.45, 7) is 0. The lowest BCUT2D eigenvalue weighted by molar-refractivity contribution is 0.953. The summed E-state index contributed by atoms with van der Waals surface area (Å²) in [5, 5.41) is 2.26. The van der Waals surface area contributed by atoms with E-state index < -0.39 is 0 Å². The lowest BCUT2D eigenvalue weighted by Gasteiger charge is -2.12. The summed E-state index contributed by atoms with van der Waals surface area (Å²) >= 11 is 0. The summed E-state index contributed by atoms with van der Waals surface area (Å²) in [7, 11) is 0. The predicted molar refractivity (Wildman–Crippen MR) is 148 cm³/mol. The second kappa shape index (κ2) is 8.81. The quantitative estimate of drug-likeness (QED) is 0.267. The third-order valence-corrected chi connectivity index (χ3v) is 6.52. The van der Waals surface area contributed by atoms with Crippen molar-refractivity contribution in [3.05, 3.63) is 128 Å². The van der Waals surface area contributed by atoms with Gasteiger partial charge in [-0.25, -0.2) is 4.98 Å². The van der Waals surface area contributed by atoms with Crippen LogP contribution in [0.1, 0.15) is 0 Å². The van der Waals surface area contributed by atoms with E-state index in [4.69, 9.17) is 15.0 Å². The van der Waals surface area contributed by atoms with Crippen molar-refractivity contribution in [3.8, 4) is 40.0 Å². The average Bonchev–Trinajstić information content (AvgIpc) is 3.33. The zero-order valence-corrected chi connectivity index (χ0v) is 19.9. The fourth-order valence-electron chi connectivity index (χ4n) is 4.85. The number of fused-ring (bicyclic) bond motifs is 3. The minimum Gasteiger partial charge on any atom is -0.277 e. The molecule has 0 radical (unpaired) electrons. The second-order valence-electron chi connectivity index (χ2n) is 8.78. The van der Waals surface area contributed by atoms with Crippen molar-refractivity contribution in [2.45, 2.75) is 0 Å². The first-order chi connectivity index (χ1) is 18.4. The smallest absolute Gasteiger partial charge is 0.238 e. The van der Waals surface area contributed by atoms with Crippen LogP contribution >= 0.6 is 0 Å². The number of pyridine rings is 1. The highest BCUT2D eigenvalue weighted by atomic mass is 15.2. The average molecular weight is 476 g/mol. The molecule has 0 fully saturated rings. The Labute approximate surface area is 213 Å². The first-order valence-electron chi connectivity index (χ1n) is 12.2.